The smallest absolute Gasteiger partial charge is 0.144 e. The number of para-hydroxylation sites is 1. The number of aryl methyl sites for hydroxylation is 2. The maximum atomic E-state index is 8.99. The highest BCUT2D eigenvalue weighted by Gasteiger charge is 2.26. The number of amidine groups is 1. The van der Waals surface area contributed by atoms with Crippen molar-refractivity contribution in [3.8, 4) is 11.5 Å². The van der Waals surface area contributed by atoms with Crippen LogP contribution in [0.5, 0.6) is 11.5 Å². The molecule has 2 aromatic rings. The molecule has 1 N–H and O–H groups in total. The maximum absolute atomic E-state index is 8.99. The van der Waals surface area contributed by atoms with Crippen LogP contribution in [0.15, 0.2) is 53.7 Å². The minimum absolute atomic E-state index is 0.375. The minimum atomic E-state index is 0.375. The highest BCUT2D eigenvalue weighted by molar-refractivity contribution is 5.83. The summed E-state index contributed by atoms with van der Waals surface area (Å²) in [4.78, 5) is 2.05. The number of methoxy groups -OCH3 is 1. The predicted octanol–water partition coefficient (Wildman–Crippen LogP) is 4.13. The van der Waals surface area contributed by atoms with E-state index < -0.39 is 0 Å². The lowest BCUT2D eigenvalue weighted by atomic mass is 10.0. The Labute approximate surface area is 161 Å². The Morgan fingerprint density at radius 1 is 1.15 bits per heavy atom. The second-order valence-electron chi connectivity index (χ2n) is 6.92. The Morgan fingerprint density at radius 3 is 2.78 bits per heavy atom. The van der Waals surface area contributed by atoms with Gasteiger partial charge in [-0.15, -0.1) is 0 Å². The lowest BCUT2D eigenvalue weighted by Gasteiger charge is -2.21. The predicted molar refractivity (Wildman–Crippen MR) is 107 cm³/mol. The summed E-state index contributed by atoms with van der Waals surface area (Å²) in [6, 6.07) is 16.8. The van der Waals surface area contributed by atoms with Crippen LogP contribution in [0, 0.1) is 0 Å². The Morgan fingerprint density at radius 2 is 2.00 bits per heavy atom. The summed E-state index contributed by atoms with van der Waals surface area (Å²) in [6.07, 6.45) is 4.62. The Kier molecular flexibility index (Phi) is 6.58. The number of ether oxygens (including phenoxy) is 2. The van der Waals surface area contributed by atoms with Gasteiger partial charge >= 0.3 is 0 Å². The first-order chi connectivity index (χ1) is 13.2. The summed E-state index contributed by atoms with van der Waals surface area (Å²) in [6.45, 7) is 0.657. The molecule has 3 rings (SSSR count). The van der Waals surface area contributed by atoms with E-state index in [9.17, 15) is 0 Å². The van der Waals surface area contributed by atoms with Gasteiger partial charge in [0.1, 0.15) is 17.3 Å². The first-order valence-electron chi connectivity index (χ1n) is 9.48. The average Bonchev–Trinajstić information content (AvgIpc) is 3.07. The molecule has 0 saturated carbocycles. The third kappa shape index (κ3) is 4.94. The number of benzene rings is 2. The molecule has 5 heteroatoms. The zero-order chi connectivity index (χ0) is 19.1. The molecule has 1 aliphatic rings. The summed E-state index contributed by atoms with van der Waals surface area (Å²) >= 11 is 0. The van der Waals surface area contributed by atoms with Crippen LogP contribution >= 0.6 is 0 Å². The first-order valence-corrected chi connectivity index (χ1v) is 9.48. The molecular weight excluding hydrogens is 340 g/mol. The van der Waals surface area contributed by atoms with Gasteiger partial charge in [0.2, 0.25) is 0 Å². The lowest BCUT2D eigenvalue weighted by molar-refractivity contribution is 0.252. The Hall–Kier alpha value is -2.69. The number of oxime groups is 1. The van der Waals surface area contributed by atoms with E-state index in [4.69, 9.17) is 14.7 Å². The third-order valence-corrected chi connectivity index (χ3v) is 5.27. The van der Waals surface area contributed by atoms with Gasteiger partial charge in [-0.3, -0.25) is 0 Å². The molecule has 0 spiro atoms. The molecular formula is C22H28N2O3. The van der Waals surface area contributed by atoms with E-state index in [0.717, 1.165) is 49.4 Å². The van der Waals surface area contributed by atoms with Crippen LogP contribution in [0.3, 0.4) is 0 Å². The summed E-state index contributed by atoms with van der Waals surface area (Å²) in [5.41, 5.74) is 2.48. The molecule has 1 heterocycles. The van der Waals surface area contributed by atoms with E-state index in [-0.39, 0.29) is 0 Å². The molecule has 1 atom stereocenters. The van der Waals surface area contributed by atoms with E-state index in [1.807, 2.05) is 31.3 Å². The van der Waals surface area contributed by atoms with Gasteiger partial charge in [0, 0.05) is 25.9 Å². The van der Waals surface area contributed by atoms with Crippen molar-refractivity contribution in [2.75, 3.05) is 20.8 Å². The fraction of sp³-hybridized carbons (Fsp3) is 0.409. The van der Waals surface area contributed by atoms with Crippen LogP contribution in [0.2, 0.25) is 0 Å². The van der Waals surface area contributed by atoms with E-state index in [1.54, 1.807) is 7.11 Å². The van der Waals surface area contributed by atoms with Crippen molar-refractivity contribution in [3.05, 3.63) is 59.7 Å². The molecule has 0 bridgehead atoms. The van der Waals surface area contributed by atoms with Crippen molar-refractivity contribution in [2.45, 2.75) is 38.1 Å². The SMILES string of the molecule is COc1cccc(CCc2ccccc2OCC[C@@H]2CC/C(=N\O)N2C)c1. The zero-order valence-corrected chi connectivity index (χ0v) is 16.1. The van der Waals surface area contributed by atoms with Gasteiger partial charge in [-0.05, 0) is 48.6 Å². The second-order valence-corrected chi connectivity index (χ2v) is 6.92. The monoisotopic (exact) mass is 368 g/mol. The van der Waals surface area contributed by atoms with Gasteiger partial charge in [-0.2, -0.15) is 0 Å². The normalized spacial score (nSPS) is 18.1. The summed E-state index contributed by atoms with van der Waals surface area (Å²) in [5.74, 6) is 2.61. The topological polar surface area (TPSA) is 54.3 Å². The molecule has 1 fully saturated rings. The summed E-state index contributed by atoms with van der Waals surface area (Å²) in [7, 11) is 3.67. The largest absolute Gasteiger partial charge is 0.497 e. The van der Waals surface area contributed by atoms with Crippen LogP contribution in [-0.4, -0.2) is 42.7 Å². The van der Waals surface area contributed by atoms with Gasteiger partial charge in [0.25, 0.3) is 0 Å². The summed E-state index contributed by atoms with van der Waals surface area (Å²) in [5, 5.41) is 12.3. The molecule has 1 aliphatic heterocycles. The molecule has 0 radical (unpaired) electrons. The molecule has 27 heavy (non-hydrogen) atoms. The minimum Gasteiger partial charge on any atom is -0.497 e. The number of nitrogens with zero attached hydrogens (tertiary/aromatic N) is 2. The van der Waals surface area contributed by atoms with Gasteiger partial charge < -0.3 is 19.6 Å². The number of rotatable bonds is 8. The first kappa shape index (κ1) is 19.1. The summed E-state index contributed by atoms with van der Waals surface area (Å²) < 4.78 is 11.4. The zero-order valence-electron chi connectivity index (χ0n) is 16.1. The quantitative estimate of drug-likeness (QED) is 0.562. The van der Waals surface area contributed by atoms with E-state index >= 15 is 0 Å². The average molecular weight is 368 g/mol. The molecule has 0 aromatic heterocycles. The second kappa shape index (κ2) is 9.31. The van der Waals surface area contributed by atoms with Gasteiger partial charge in [0.05, 0.1) is 13.7 Å². The van der Waals surface area contributed by atoms with Crippen LogP contribution in [0.4, 0.5) is 0 Å². The molecule has 0 aliphatic carbocycles. The lowest BCUT2D eigenvalue weighted by Crippen LogP contribution is -2.30. The molecule has 0 unspecified atom stereocenters. The number of hydrogen-bond donors (Lipinski definition) is 1. The van der Waals surface area contributed by atoms with Gasteiger partial charge in [-0.25, -0.2) is 0 Å². The fourth-order valence-electron chi connectivity index (χ4n) is 3.60. The van der Waals surface area contributed by atoms with Gasteiger partial charge in [0.15, 0.2) is 0 Å². The van der Waals surface area contributed by atoms with Gasteiger partial charge in [-0.1, -0.05) is 35.5 Å². The Bertz CT molecular complexity index is 776. The van der Waals surface area contributed by atoms with Crippen LogP contribution < -0.4 is 9.47 Å². The van der Waals surface area contributed by atoms with Crippen molar-refractivity contribution >= 4 is 5.84 Å². The highest BCUT2D eigenvalue weighted by Crippen LogP contribution is 2.24. The van der Waals surface area contributed by atoms with Crippen molar-refractivity contribution < 1.29 is 14.7 Å². The fourth-order valence-corrected chi connectivity index (χ4v) is 3.60. The maximum Gasteiger partial charge on any atom is 0.144 e. The van der Waals surface area contributed by atoms with Crippen molar-refractivity contribution in [3.63, 3.8) is 0 Å². The van der Waals surface area contributed by atoms with E-state index in [0.29, 0.717) is 12.6 Å². The molecule has 2 aromatic carbocycles. The van der Waals surface area contributed by atoms with Crippen LogP contribution in [0.1, 0.15) is 30.4 Å². The highest BCUT2D eigenvalue weighted by atomic mass is 16.5. The molecule has 5 nitrogen and oxygen atoms in total. The van der Waals surface area contributed by atoms with E-state index in [2.05, 4.69) is 34.3 Å². The number of likely N-dealkylation sites (tertiary alicyclic amines) is 1. The van der Waals surface area contributed by atoms with Crippen molar-refractivity contribution in [1.82, 2.24) is 4.90 Å². The standard InChI is InChI=1S/C22H28N2O3/c1-24-19(12-13-22(24)23-25)14-15-27-21-9-4-3-7-18(21)11-10-17-6-5-8-20(16-17)26-2/h3-9,16,19,25H,10-15H2,1-2H3/b23-22+/t19-/m0/s1. The third-order valence-electron chi connectivity index (χ3n) is 5.27. The molecule has 1 saturated heterocycles. The Balaban J connectivity index is 1.54. The van der Waals surface area contributed by atoms with Crippen LogP contribution in [0.25, 0.3) is 0 Å². The van der Waals surface area contributed by atoms with Crippen molar-refractivity contribution in [2.24, 2.45) is 5.16 Å². The molecule has 144 valence electrons. The number of hydrogen-bond acceptors (Lipinski definition) is 4. The van der Waals surface area contributed by atoms with Crippen molar-refractivity contribution in [1.29, 1.82) is 0 Å². The van der Waals surface area contributed by atoms with E-state index in [1.165, 1.54) is 11.1 Å². The molecule has 0 amide bonds. The van der Waals surface area contributed by atoms with Crippen LogP contribution in [-0.2, 0) is 12.8 Å².